The maximum Gasteiger partial charge on any atom is 0.315 e. The summed E-state index contributed by atoms with van der Waals surface area (Å²) in [6.45, 7) is 0.988. The molecule has 122 valence electrons. The molecule has 6 nitrogen and oxygen atoms in total. The molecular formula is C17H20N2O4. The van der Waals surface area contributed by atoms with Crippen LogP contribution in [-0.2, 0) is 12.8 Å². The number of hydrogen-bond acceptors (Lipinski definition) is 4. The van der Waals surface area contributed by atoms with Gasteiger partial charge in [0.2, 0.25) is 0 Å². The summed E-state index contributed by atoms with van der Waals surface area (Å²) < 4.78 is 16.1. The smallest absolute Gasteiger partial charge is 0.315 e. The standard InChI is InChI=1S/C17H20N2O4/c1-21-15-4-5-16-12(10-15)9-13(11-23-16)19-17(20)18-7-6-14-3-2-8-22-14/h2-5,8,10,13H,6-7,9,11H2,1H3,(H2,18,19,20)/t13-/m1/s1. The molecule has 2 aromatic rings. The molecule has 6 heteroatoms. The van der Waals surface area contributed by atoms with Gasteiger partial charge < -0.3 is 24.5 Å². The van der Waals surface area contributed by atoms with Gasteiger partial charge in [-0.1, -0.05) is 0 Å². The minimum atomic E-state index is -0.198. The van der Waals surface area contributed by atoms with Gasteiger partial charge in [0.05, 0.1) is 19.4 Å². The molecule has 2 heterocycles. The monoisotopic (exact) mass is 316 g/mol. The predicted molar refractivity (Wildman–Crippen MR) is 84.9 cm³/mol. The van der Waals surface area contributed by atoms with E-state index in [1.807, 2.05) is 30.3 Å². The van der Waals surface area contributed by atoms with E-state index in [-0.39, 0.29) is 12.1 Å². The summed E-state index contributed by atoms with van der Waals surface area (Å²) in [7, 11) is 1.63. The van der Waals surface area contributed by atoms with E-state index >= 15 is 0 Å². The number of ether oxygens (including phenoxy) is 2. The number of benzene rings is 1. The molecule has 0 saturated heterocycles. The van der Waals surface area contributed by atoms with E-state index < -0.39 is 0 Å². The number of carbonyl (C=O) groups excluding carboxylic acids is 1. The second-order valence-corrected chi connectivity index (χ2v) is 5.42. The quantitative estimate of drug-likeness (QED) is 0.886. The molecule has 1 aromatic heterocycles. The Morgan fingerprint density at radius 2 is 2.30 bits per heavy atom. The Hall–Kier alpha value is -2.63. The average molecular weight is 316 g/mol. The summed E-state index contributed by atoms with van der Waals surface area (Å²) in [6, 6.07) is 9.17. The molecule has 3 rings (SSSR count). The fourth-order valence-corrected chi connectivity index (χ4v) is 2.58. The van der Waals surface area contributed by atoms with Crippen molar-refractivity contribution in [3.63, 3.8) is 0 Å². The molecule has 0 spiro atoms. The Morgan fingerprint density at radius 3 is 3.09 bits per heavy atom. The Balaban J connectivity index is 1.47. The third-order valence-electron chi connectivity index (χ3n) is 3.75. The first-order valence-corrected chi connectivity index (χ1v) is 7.61. The van der Waals surface area contributed by atoms with E-state index in [9.17, 15) is 4.79 Å². The van der Waals surface area contributed by atoms with E-state index in [0.29, 0.717) is 19.6 Å². The van der Waals surface area contributed by atoms with Crippen molar-refractivity contribution in [3.05, 3.63) is 47.9 Å². The van der Waals surface area contributed by atoms with Crippen molar-refractivity contribution in [2.75, 3.05) is 20.3 Å². The average Bonchev–Trinajstić information content (AvgIpc) is 3.07. The van der Waals surface area contributed by atoms with Crippen LogP contribution in [0.4, 0.5) is 4.79 Å². The summed E-state index contributed by atoms with van der Waals surface area (Å²) in [5.74, 6) is 2.49. The Labute approximate surface area is 134 Å². The summed E-state index contributed by atoms with van der Waals surface area (Å²) >= 11 is 0. The molecule has 1 aliphatic heterocycles. The minimum Gasteiger partial charge on any atom is -0.497 e. The van der Waals surface area contributed by atoms with Crippen molar-refractivity contribution in [2.45, 2.75) is 18.9 Å². The number of amides is 2. The Kier molecular flexibility index (Phi) is 4.71. The molecule has 1 aromatic carbocycles. The summed E-state index contributed by atoms with van der Waals surface area (Å²) in [4.78, 5) is 11.9. The van der Waals surface area contributed by atoms with Gasteiger partial charge in [-0.3, -0.25) is 0 Å². The van der Waals surface area contributed by atoms with Crippen LogP contribution in [0.2, 0.25) is 0 Å². The van der Waals surface area contributed by atoms with E-state index in [0.717, 1.165) is 29.2 Å². The Morgan fingerprint density at radius 1 is 1.39 bits per heavy atom. The van der Waals surface area contributed by atoms with Crippen LogP contribution in [0.5, 0.6) is 11.5 Å². The SMILES string of the molecule is COc1ccc2c(c1)C[C@@H](NC(=O)NCCc1ccco1)CO2. The molecular weight excluding hydrogens is 296 g/mol. The number of rotatable bonds is 5. The zero-order valence-corrected chi connectivity index (χ0v) is 13.0. The zero-order chi connectivity index (χ0) is 16.1. The van der Waals surface area contributed by atoms with Gasteiger partial charge in [-0.25, -0.2) is 4.79 Å². The number of furan rings is 1. The largest absolute Gasteiger partial charge is 0.497 e. The summed E-state index contributed by atoms with van der Waals surface area (Å²) in [6.07, 6.45) is 3.01. The second kappa shape index (κ2) is 7.09. The van der Waals surface area contributed by atoms with Gasteiger partial charge in [0.1, 0.15) is 23.9 Å². The van der Waals surface area contributed by atoms with Gasteiger partial charge in [0.15, 0.2) is 0 Å². The van der Waals surface area contributed by atoms with Crippen LogP contribution >= 0.6 is 0 Å². The highest BCUT2D eigenvalue weighted by Crippen LogP contribution is 2.28. The highest BCUT2D eigenvalue weighted by atomic mass is 16.5. The summed E-state index contributed by atoms with van der Waals surface area (Å²) in [5.41, 5.74) is 1.04. The number of fused-ring (bicyclic) bond motifs is 1. The highest BCUT2D eigenvalue weighted by Gasteiger charge is 2.21. The third kappa shape index (κ3) is 3.97. The fraction of sp³-hybridized carbons (Fsp3) is 0.353. The fourth-order valence-electron chi connectivity index (χ4n) is 2.58. The second-order valence-electron chi connectivity index (χ2n) is 5.42. The van der Waals surface area contributed by atoms with Crippen LogP contribution in [0.1, 0.15) is 11.3 Å². The van der Waals surface area contributed by atoms with Crippen molar-refractivity contribution in [2.24, 2.45) is 0 Å². The molecule has 1 aliphatic rings. The molecule has 0 saturated carbocycles. The predicted octanol–water partition coefficient (Wildman–Crippen LogP) is 2.13. The van der Waals surface area contributed by atoms with Crippen LogP contribution in [0.15, 0.2) is 41.0 Å². The van der Waals surface area contributed by atoms with Crippen molar-refractivity contribution in [1.29, 1.82) is 0 Å². The molecule has 0 bridgehead atoms. The van der Waals surface area contributed by atoms with Gasteiger partial charge in [-0.2, -0.15) is 0 Å². The lowest BCUT2D eigenvalue weighted by Crippen LogP contribution is -2.47. The molecule has 23 heavy (non-hydrogen) atoms. The normalized spacial score (nSPS) is 16.1. The third-order valence-corrected chi connectivity index (χ3v) is 3.75. The van der Waals surface area contributed by atoms with Gasteiger partial charge >= 0.3 is 6.03 Å². The van der Waals surface area contributed by atoms with Gasteiger partial charge in [0, 0.05) is 13.0 Å². The lowest BCUT2D eigenvalue weighted by Gasteiger charge is -2.26. The number of hydrogen-bond donors (Lipinski definition) is 2. The molecule has 0 radical (unpaired) electrons. The number of carbonyl (C=O) groups is 1. The molecule has 0 unspecified atom stereocenters. The maximum atomic E-state index is 11.9. The first-order chi connectivity index (χ1) is 11.2. The number of methoxy groups -OCH3 is 1. The van der Waals surface area contributed by atoms with Crippen LogP contribution in [0.3, 0.4) is 0 Å². The van der Waals surface area contributed by atoms with E-state index in [1.165, 1.54) is 0 Å². The van der Waals surface area contributed by atoms with E-state index in [4.69, 9.17) is 13.9 Å². The summed E-state index contributed by atoms with van der Waals surface area (Å²) in [5, 5.41) is 5.76. The van der Waals surface area contributed by atoms with Crippen LogP contribution in [0, 0.1) is 0 Å². The van der Waals surface area contributed by atoms with Gasteiger partial charge in [-0.15, -0.1) is 0 Å². The minimum absolute atomic E-state index is 0.0572. The zero-order valence-electron chi connectivity index (χ0n) is 13.0. The molecule has 1 atom stereocenters. The first kappa shape index (κ1) is 15.3. The molecule has 0 fully saturated rings. The molecule has 0 aliphatic carbocycles. The van der Waals surface area contributed by atoms with Crippen LogP contribution in [-0.4, -0.2) is 32.3 Å². The van der Waals surface area contributed by atoms with Crippen LogP contribution in [0.25, 0.3) is 0 Å². The van der Waals surface area contributed by atoms with Gasteiger partial charge in [-0.05, 0) is 42.3 Å². The van der Waals surface area contributed by atoms with Crippen molar-refractivity contribution in [3.8, 4) is 11.5 Å². The lowest BCUT2D eigenvalue weighted by molar-refractivity contribution is 0.214. The van der Waals surface area contributed by atoms with Gasteiger partial charge in [0.25, 0.3) is 0 Å². The maximum absolute atomic E-state index is 11.9. The Bertz CT molecular complexity index is 655. The molecule has 2 amide bonds. The van der Waals surface area contributed by atoms with Crippen molar-refractivity contribution in [1.82, 2.24) is 10.6 Å². The first-order valence-electron chi connectivity index (χ1n) is 7.61. The van der Waals surface area contributed by atoms with Crippen LogP contribution < -0.4 is 20.1 Å². The van der Waals surface area contributed by atoms with Crippen molar-refractivity contribution < 1.29 is 18.7 Å². The number of urea groups is 1. The topological polar surface area (TPSA) is 72.7 Å². The van der Waals surface area contributed by atoms with Crippen molar-refractivity contribution >= 4 is 6.03 Å². The van der Waals surface area contributed by atoms with E-state index in [1.54, 1.807) is 13.4 Å². The highest BCUT2D eigenvalue weighted by molar-refractivity contribution is 5.74. The van der Waals surface area contributed by atoms with E-state index in [2.05, 4.69) is 10.6 Å². The molecule has 2 N–H and O–H groups in total. The number of nitrogens with one attached hydrogen (secondary N) is 2. The lowest BCUT2D eigenvalue weighted by atomic mass is 10.0.